The van der Waals surface area contributed by atoms with Crippen LogP contribution in [0.2, 0.25) is 0 Å². The van der Waals surface area contributed by atoms with Gasteiger partial charge in [0.1, 0.15) is 5.28 Å². The summed E-state index contributed by atoms with van der Waals surface area (Å²) in [5.41, 5.74) is 0. The van der Waals surface area contributed by atoms with E-state index in [0.717, 1.165) is 0 Å². The molecule has 0 fully saturated rings. The molecule has 1 aliphatic heterocycles. The van der Waals surface area contributed by atoms with Gasteiger partial charge in [-0.15, -0.1) is 0 Å². The first kappa shape index (κ1) is 12.9. The molecule has 1 rings (SSSR count). The van der Waals surface area contributed by atoms with Crippen molar-refractivity contribution in [3.63, 3.8) is 0 Å². The third kappa shape index (κ3) is 1.60. The van der Waals surface area contributed by atoms with Gasteiger partial charge >= 0.3 is 7.52 Å². The molecule has 0 aliphatic carbocycles. The molecule has 0 amide bonds. The average molecular weight is 219 g/mol. The number of nitrogens with zero attached hydrogens (tertiary/aromatic N) is 3. The van der Waals surface area contributed by atoms with E-state index < -0.39 is 12.8 Å². The molecule has 1 atom stereocenters. The van der Waals surface area contributed by atoms with Gasteiger partial charge in [-0.05, 0) is 13.8 Å². The largest absolute Gasteiger partial charge is 0.344 e. The highest BCUT2D eigenvalue weighted by Gasteiger charge is 2.49. The highest BCUT2D eigenvalue weighted by atomic mass is 31.2. The van der Waals surface area contributed by atoms with Gasteiger partial charge in [-0.2, -0.15) is 10.0 Å². The molecule has 80 valence electrons. The Morgan fingerprint density at radius 3 is 2.50 bits per heavy atom. The van der Waals surface area contributed by atoms with Gasteiger partial charge in [-0.1, -0.05) is 0 Å². The quantitative estimate of drug-likeness (QED) is 0.308. The summed E-state index contributed by atoms with van der Waals surface area (Å²) in [6.07, 6.45) is 1.66. The smallest absolute Gasteiger partial charge is 0.339 e. The second-order valence-corrected chi connectivity index (χ2v) is 5.64. The highest BCUT2D eigenvalue weighted by molar-refractivity contribution is 7.58. The van der Waals surface area contributed by atoms with E-state index in [9.17, 15) is 9.46 Å². The molecule has 0 saturated carbocycles. The number of rotatable bonds is 0. The maximum atomic E-state index is 11.5. The zero-order valence-corrected chi connectivity index (χ0v) is 9.25. The molecule has 5 N–H and O–H groups in total. The Bertz CT molecular complexity index is 345. The molecule has 0 spiro atoms. The van der Waals surface area contributed by atoms with Crippen molar-refractivity contribution in [3.8, 4) is 6.19 Å². The lowest BCUT2D eigenvalue weighted by Gasteiger charge is -2.30. The van der Waals surface area contributed by atoms with Crippen LogP contribution in [0.15, 0.2) is 4.76 Å². The topological polar surface area (TPSA) is 124 Å². The van der Waals surface area contributed by atoms with Crippen molar-refractivity contribution in [2.24, 2.45) is 4.76 Å². The normalized spacial score (nSPS) is 28.8. The van der Waals surface area contributed by atoms with E-state index in [1.165, 1.54) is 4.90 Å². The highest BCUT2D eigenvalue weighted by Crippen LogP contribution is 2.60. The average Bonchev–Trinajstić information content (AvgIpc) is 2.13. The lowest BCUT2D eigenvalue weighted by Crippen LogP contribution is -2.43. The molecule has 14 heavy (non-hydrogen) atoms. The molecule has 8 heteroatoms. The predicted molar refractivity (Wildman–Crippen MR) is 52.9 cm³/mol. The van der Waals surface area contributed by atoms with Crippen LogP contribution in [0.25, 0.3) is 0 Å². The fraction of sp³-hybridized carbons (Fsp3) is 0.667. The predicted octanol–water partition coefficient (Wildman–Crippen LogP) is 0.442. The Morgan fingerprint density at radius 2 is 2.21 bits per heavy atom. The first-order valence-electron chi connectivity index (χ1n) is 3.65. The van der Waals surface area contributed by atoms with Crippen LogP contribution >= 0.6 is 7.52 Å². The minimum atomic E-state index is -3.59. The Kier molecular flexibility index (Phi) is 3.30. The summed E-state index contributed by atoms with van der Waals surface area (Å²) >= 11 is 0. The molecular weight excluding hydrogens is 205 g/mol. The summed E-state index contributed by atoms with van der Waals surface area (Å²) in [5.74, 6) is 0.137. The molecule has 1 aliphatic rings. The van der Waals surface area contributed by atoms with Gasteiger partial charge in [0.25, 0.3) is 0 Å². The van der Waals surface area contributed by atoms with Crippen LogP contribution in [-0.4, -0.2) is 28.1 Å². The number of hydrogen-bond donors (Lipinski definition) is 3. The van der Waals surface area contributed by atoms with Crippen LogP contribution in [0, 0.1) is 11.5 Å². The minimum Gasteiger partial charge on any atom is -0.344 e. The summed E-state index contributed by atoms with van der Waals surface area (Å²) in [6, 6.07) is 0. The summed E-state index contributed by atoms with van der Waals surface area (Å²) < 4.78 is 15.1. The Balaban J connectivity index is 0.00000169. The fourth-order valence-electron chi connectivity index (χ4n) is 0.931. The Morgan fingerprint density at radius 1 is 1.71 bits per heavy atom. The maximum absolute atomic E-state index is 11.5. The first-order valence-corrected chi connectivity index (χ1v) is 5.26. The van der Waals surface area contributed by atoms with Gasteiger partial charge in [0, 0.05) is 7.05 Å². The zero-order chi connectivity index (χ0) is 10.3. The lowest BCUT2D eigenvalue weighted by atomic mass is 10.3. The van der Waals surface area contributed by atoms with E-state index in [-0.39, 0.29) is 12.1 Å². The van der Waals surface area contributed by atoms with E-state index in [4.69, 9.17) is 5.26 Å². The summed E-state index contributed by atoms with van der Waals surface area (Å²) in [5, 5.41) is 9.65. The summed E-state index contributed by atoms with van der Waals surface area (Å²) in [4.78, 5) is 10.9. The van der Waals surface area contributed by atoms with E-state index in [1.54, 1.807) is 27.1 Å². The van der Waals surface area contributed by atoms with Crippen molar-refractivity contribution in [1.29, 1.82) is 5.26 Å². The standard InChI is InChI=1S/C6H11N4O2P.H3N/c1-6(2)10(3)5(8-4-7)9-13(6,11)12;/h1-3H3,(H2,8,9,11,12);1H3. The number of guanidine groups is 1. The van der Waals surface area contributed by atoms with Gasteiger partial charge in [-0.25, -0.2) is 0 Å². The lowest BCUT2D eigenvalue weighted by molar-refractivity contribution is 0.326. The molecular formula is C6H14N5O2P. The maximum Gasteiger partial charge on any atom is 0.339 e. The summed E-state index contributed by atoms with van der Waals surface area (Å²) in [6.45, 7) is 3.20. The van der Waals surface area contributed by atoms with Crippen LogP contribution in [0.3, 0.4) is 0 Å². The van der Waals surface area contributed by atoms with Crippen LogP contribution in [0.1, 0.15) is 13.8 Å². The third-order valence-corrected chi connectivity index (χ3v) is 4.44. The van der Waals surface area contributed by atoms with Crippen LogP contribution in [0.4, 0.5) is 0 Å². The SMILES string of the molecule is CN1C(NC#N)=NP(=O)(O)C1(C)C.N. The van der Waals surface area contributed by atoms with Crippen LogP contribution < -0.4 is 11.5 Å². The van der Waals surface area contributed by atoms with E-state index >= 15 is 0 Å². The van der Waals surface area contributed by atoms with Crippen molar-refractivity contribution in [2.75, 3.05) is 7.05 Å². The second kappa shape index (κ2) is 3.58. The Hall–Kier alpha value is -1.09. The van der Waals surface area contributed by atoms with E-state index in [0.29, 0.717) is 0 Å². The molecule has 1 unspecified atom stereocenters. The molecule has 7 nitrogen and oxygen atoms in total. The van der Waals surface area contributed by atoms with E-state index in [2.05, 4.69) is 10.1 Å². The van der Waals surface area contributed by atoms with Gasteiger partial charge in [0.2, 0.25) is 5.96 Å². The first-order chi connectivity index (χ1) is 5.83. The van der Waals surface area contributed by atoms with Crippen molar-refractivity contribution in [2.45, 2.75) is 19.1 Å². The number of nitrogens with one attached hydrogen (secondary N) is 1. The minimum absolute atomic E-state index is 0. The Labute approximate surface area is 82.5 Å². The molecule has 0 aromatic heterocycles. The second-order valence-electron chi connectivity index (χ2n) is 3.26. The van der Waals surface area contributed by atoms with Gasteiger partial charge in [0.05, 0.1) is 0 Å². The van der Waals surface area contributed by atoms with Crippen molar-refractivity contribution in [1.82, 2.24) is 16.4 Å². The molecule has 0 radical (unpaired) electrons. The molecule has 0 bridgehead atoms. The number of hydrogen-bond acceptors (Lipinski definition) is 5. The van der Waals surface area contributed by atoms with Gasteiger partial charge in [0.15, 0.2) is 6.19 Å². The molecule has 0 aromatic rings. The number of nitriles is 1. The van der Waals surface area contributed by atoms with Crippen molar-refractivity contribution >= 4 is 13.5 Å². The van der Waals surface area contributed by atoms with Crippen molar-refractivity contribution in [3.05, 3.63) is 0 Å². The molecule has 0 saturated heterocycles. The third-order valence-electron chi connectivity index (χ3n) is 2.25. The zero-order valence-electron chi connectivity index (χ0n) is 8.35. The van der Waals surface area contributed by atoms with Crippen LogP contribution in [0.5, 0.6) is 0 Å². The van der Waals surface area contributed by atoms with Crippen LogP contribution in [-0.2, 0) is 4.57 Å². The fourth-order valence-corrected chi connectivity index (χ4v) is 2.10. The van der Waals surface area contributed by atoms with Crippen molar-refractivity contribution < 1.29 is 9.46 Å². The molecule has 0 aromatic carbocycles. The summed E-state index contributed by atoms with van der Waals surface area (Å²) in [7, 11) is -1.98. The van der Waals surface area contributed by atoms with Gasteiger partial charge in [-0.3, -0.25) is 9.88 Å². The van der Waals surface area contributed by atoms with E-state index in [1.807, 2.05) is 0 Å². The molecule has 1 heterocycles. The monoisotopic (exact) mass is 219 g/mol. The van der Waals surface area contributed by atoms with Gasteiger partial charge < -0.3 is 15.9 Å².